The van der Waals surface area contributed by atoms with Crippen molar-refractivity contribution in [1.82, 2.24) is 0 Å². The molecule has 1 heterocycles. The number of rotatable bonds is 4. The Morgan fingerprint density at radius 3 is 2.45 bits per heavy atom. The number of fused-ring (bicyclic) bond motifs is 1. The Bertz CT molecular complexity index is 797. The van der Waals surface area contributed by atoms with Gasteiger partial charge in [-0.1, -0.05) is 42.5 Å². The van der Waals surface area contributed by atoms with Crippen LogP contribution in [0.15, 0.2) is 66.7 Å². The van der Waals surface area contributed by atoms with Gasteiger partial charge >= 0.3 is 5.97 Å². The predicted molar refractivity (Wildman–Crippen MR) is 85.6 cm³/mol. The molecule has 0 aliphatic heterocycles. The van der Waals surface area contributed by atoms with Crippen LogP contribution in [0.25, 0.3) is 10.9 Å². The number of hydrogen-bond acceptors (Lipinski definition) is 2. The fourth-order valence-corrected chi connectivity index (χ4v) is 2.58. The second-order valence-corrected chi connectivity index (χ2v) is 5.07. The van der Waals surface area contributed by atoms with Gasteiger partial charge in [0.1, 0.15) is 0 Å². The van der Waals surface area contributed by atoms with Crippen LogP contribution in [0, 0.1) is 0 Å². The van der Waals surface area contributed by atoms with E-state index in [0.717, 1.165) is 16.5 Å². The molecule has 3 heteroatoms. The van der Waals surface area contributed by atoms with Gasteiger partial charge in [0.2, 0.25) is 5.52 Å². The van der Waals surface area contributed by atoms with Crippen molar-refractivity contribution in [2.24, 2.45) is 0 Å². The first-order valence-electron chi connectivity index (χ1n) is 7.42. The van der Waals surface area contributed by atoms with Gasteiger partial charge in [-0.05, 0) is 19.1 Å². The van der Waals surface area contributed by atoms with Crippen molar-refractivity contribution in [2.75, 3.05) is 6.61 Å². The Labute approximate surface area is 129 Å². The van der Waals surface area contributed by atoms with Crippen LogP contribution < -0.4 is 4.57 Å². The van der Waals surface area contributed by atoms with Crippen LogP contribution in [0.3, 0.4) is 0 Å². The molecule has 0 N–H and O–H groups in total. The molecule has 0 aliphatic carbocycles. The summed E-state index contributed by atoms with van der Waals surface area (Å²) >= 11 is 0. The van der Waals surface area contributed by atoms with Gasteiger partial charge in [0.15, 0.2) is 6.54 Å². The lowest BCUT2D eigenvalue weighted by Gasteiger charge is -2.07. The fraction of sp³-hybridized carbons (Fsp3) is 0.158. The molecule has 22 heavy (non-hydrogen) atoms. The molecule has 0 unspecified atom stereocenters. The van der Waals surface area contributed by atoms with E-state index in [1.54, 1.807) is 0 Å². The van der Waals surface area contributed by atoms with Gasteiger partial charge in [-0.25, -0.2) is 4.79 Å². The number of carbonyl (C=O) groups is 1. The zero-order chi connectivity index (χ0) is 15.4. The number of ether oxygens (including phenoxy) is 1. The number of aromatic nitrogens is 1. The first-order chi connectivity index (χ1) is 10.8. The van der Waals surface area contributed by atoms with Crippen LogP contribution >= 0.6 is 0 Å². The van der Waals surface area contributed by atoms with E-state index >= 15 is 0 Å². The zero-order valence-corrected chi connectivity index (χ0v) is 12.5. The Balaban J connectivity index is 2.14. The summed E-state index contributed by atoms with van der Waals surface area (Å²) in [5.74, 6) is -0.288. The molecule has 2 aromatic carbocycles. The van der Waals surface area contributed by atoms with E-state index in [1.165, 1.54) is 0 Å². The van der Waals surface area contributed by atoms with Gasteiger partial charge in [-0.15, -0.1) is 0 Å². The van der Waals surface area contributed by atoms with Crippen molar-refractivity contribution in [1.29, 1.82) is 0 Å². The normalized spacial score (nSPS) is 10.6. The van der Waals surface area contributed by atoms with Gasteiger partial charge < -0.3 is 4.74 Å². The van der Waals surface area contributed by atoms with Gasteiger partial charge in [-0.3, -0.25) is 0 Å². The van der Waals surface area contributed by atoms with Gasteiger partial charge in [0, 0.05) is 23.1 Å². The first-order valence-corrected chi connectivity index (χ1v) is 7.42. The Morgan fingerprint density at radius 2 is 1.68 bits per heavy atom. The first kappa shape index (κ1) is 14.3. The molecular weight excluding hydrogens is 274 g/mol. The highest BCUT2D eigenvalue weighted by atomic mass is 16.5. The van der Waals surface area contributed by atoms with Gasteiger partial charge in [0.05, 0.1) is 6.61 Å². The van der Waals surface area contributed by atoms with E-state index in [4.69, 9.17) is 4.74 Å². The summed E-state index contributed by atoms with van der Waals surface area (Å²) in [6, 6.07) is 22.0. The largest absolute Gasteiger partial charge is 0.458 e. The van der Waals surface area contributed by atoms with E-state index in [2.05, 4.69) is 12.1 Å². The Morgan fingerprint density at radius 1 is 0.955 bits per heavy atom. The molecule has 0 spiro atoms. The lowest BCUT2D eigenvalue weighted by atomic mass is 10.1. The molecule has 3 aromatic rings. The standard InChI is InChI=1S/C19H18NO2/c1-2-22-19(21)18-13-12-16-10-6-7-11-17(16)20(18)14-15-8-4-3-5-9-15/h3-13H,2,14H2,1H3/q+1. The van der Waals surface area contributed by atoms with Crippen LogP contribution in [0.2, 0.25) is 0 Å². The van der Waals surface area contributed by atoms with E-state index in [0.29, 0.717) is 18.8 Å². The average molecular weight is 292 g/mol. The van der Waals surface area contributed by atoms with Gasteiger partial charge in [-0.2, -0.15) is 4.57 Å². The third-order valence-corrected chi connectivity index (χ3v) is 3.61. The molecule has 1 aromatic heterocycles. The highest BCUT2D eigenvalue weighted by Gasteiger charge is 2.23. The van der Waals surface area contributed by atoms with Crippen molar-refractivity contribution in [3.8, 4) is 0 Å². The smallest absolute Gasteiger partial charge is 0.403 e. The third-order valence-electron chi connectivity index (χ3n) is 3.61. The van der Waals surface area contributed by atoms with E-state index in [9.17, 15) is 4.79 Å². The molecule has 3 nitrogen and oxygen atoms in total. The maximum absolute atomic E-state index is 12.3. The maximum atomic E-state index is 12.3. The van der Waals surface area contributed by atoms with Crippen molar-refractivity contribution in [3.05, 3.63) is 78.0 Å². The highest BCUT2D eigenvalue weighted by Crippen LogP contribution is 2.12. The van der Waals surface area contributed by atoms with Gasteiger partial charge in [0.25, 0.3) is 5.69 Å². The van der Waals surface area contributed by atoms with Crippen LogP contribution in [0.5, 0.6) is 0 Å². The minimum absolute atomic E-state index is 0.288. The monoisotopic (exact) mass is 292 g/mol. The lowest BCUT2D eigenvalue weighted by molar-refractivity contribution is -0.665. The number of esters is 1. The van der Waals surface area contributed by atoms with E-state index in [-0.39, 0.29) is 5.97 Å². The summed E-state index contributed by atoms with van der Waals surface area (Å²) in [7, 11) is 0. The number of hydrogen-bond donors (Lipinski definition) is 0. The highest BCUT2D eigenvalue weighted by molar-refractivity contribution is 5.88. The summed E-state index contributed by atoms with van der Waals surface area (Å²) in [6.45, 7) is 2.83. The van der Waals surface area contributed by atoms with Crippen molar-refractivity contribution in [2.45, 2.75) is 13.5 Å². The topological polar surface area (TPSA) is 30.2 Å². The predicted octanol–water partition coefficient (Wildman–Crippen LogP) is 3.35. The molecule has 0 radical (unpaired) electrons. The van der Waals surface area contributed by atoms with E-state index in [1.807, 2.05) is 66.1 Å². The van der Waals surface area contributed by atoms with Crippen LogP contribution in [-0.2, 0) is 11.3 Å². The Kier molecular flexibility index (Phi) is 4.15. The molecule has 0 bridgehead atoms. The maximum Gasteiger partial charge on any atom is 0.403 e. The summed E-state index contributed by atoms with van der Waals surface area (Å²) in [5.41, 5.74) is 2.75. The fourth-order valence-electron chi connectivity index (χ4n) is 2.58. The molecule has 0 saturated heterocycles. The number of benzene rings is 2. The number of pyridine rings is 1. The summed E-state index contributed by atoms with van der Waals surface area (Å²) in [5, 5.41) is 1.10. The summed E-state index contributed by atoms with van der Waals surface area (Å²) < 4.78 is 7.21. The molecule has 0 aliphatic rings. The SMILES string of the molecule is CCOC(=O)c1ccc2ccccc2[n+]1Cc1ccccc1. The molecule has 0 amide bonds. The molecule has 110 valence electrons. The number of nitrogens with zero attached hydrogens (tertiary/aromatic N) is 1. The van der Waals surface area contributed by atoms with Crippen LogP contribution in [-0.4, -0.2) is 12.6 Å². The number of para-hydroxylation sites is 1. The second kappa shape index (κ2) is 6.39. The zero-order valence-electron chi connectivity index (χ0n) is 12.5. The molecule has 0 atom stereocenters. The average Bonchev–Trinajstić information content (AvgIpc) is 2.56. The minimum atomic E-state index is -0.288. The quantitative estimate of drug-likeness (QED) is 0.545. The minimum Gasteiger partial charge on any atom is -0.458 e. The van der Waals surface area contributed by atoms with Crippen molar-refractivity contribution in [3.63, 3.8) is 0 Å². The molecule has 3 rings (SSSR count). The summed E-state index contributed by atoms with van der Waals surface area (Å²) in [4.78, 5) is 12.3. The number of carbonyl (C=O) groups excluding carboxylic acids is 1. The summed E-state index contributed by atoms with van der Waals surface area (Å²) in [6.07, 6.45) is 0. The van der Waals surface area contributed by atoms with Crippen LogP contribution in [0.1, 0.15) is 23.0 Å². The third kappa shape index (κ3) is 2.84. The molecule has 0 saturated carbocycles. The van der Waals surface area contributed by atoms with E-state index < -0.39 is 0 Å². The molecule has 0 fully saturated rings. The van der Waals surface area contributed by atoms with Crippen molar-refractivity contribution < 1.29 is 14.1 Å². The molecular formula is C19H18NO2+. The second-order valence-electron chi connectivity index (χ2n) is 5.07. The van der Waals surface area contributed by atoms with Crippen LogP contribution in [0.4, 0.5) is 0 Å². The van der Waals surface area contributed by atoms with Crippen molar-refractivity contribution >= 4 is 16.9 Å². The Hall–Kier alpha value is -2.68. The lowest BCUT2D eigenvalue weighted by Crippen LogP contribution is -2.42.